The maximum absolute atomic E-state index is 10.2. The Labute approximate surface area is 87.5 Å². The van der Waals surface area contributed by atoms with Crippen LogP contribution in [0.3, 0.4) is 0 Å². The highest BCUT2D eigenvalue weighted by Crippen LogP contribution is 2.38. The normalized spacial score (nSPS) is 25.0. The van der Waals surface area contributed by atoms with Crippen LogP contribution in [0.2, 0.25) is 0 Å². The quantitative estimate of drug-likeness (QED) is 0.682. The molecule has 0 amide bonds. The van der Waals surface area contributed by atoms with Crippen molar-refractivity contribution in [1.82, 2.24) is 0 Å². The summed E-state index contributed by atoms with van der Waals surface area (Å²) in [7, 11) is 0. The van der Waals surface area contributed by atoms with Crippen molar-refractivity contribution in [2.24, 2.45) is 5.41 Å². The van der Waals surface area contributed by atoms with Gasteiger partial charge in [-0.3, -0.25) is 0 Å². The van der Waals surface area contributed by atoms with Gasteiger partial charge in [-0.05, 0) is 43.6 Å². The van der Waals surface area contributed by atoms with E-state index in [2.05, 4.69) is 26.5 Å². The van der Waals surface area contributed by atoms with Gasteiger partial charge in [0.05, 0.1) is 5.60 Å². The van der Waals surface area contributed by atoms with Crippen LogP contribution in [0.15, 0.2) is 24.3 Å². The lowest BCUT2D eigenvalue weighted by Crippen LogP contribution is -2.30. The van der Waals surface area contributed by atoms with Crippen molar-refractivity contribution in [3.63, 3.8) is 0 Å². The predicted molar refractivity (Wildman–Crippen MR) is 61.2 cm³/mol. The molecule has 0 heterocycles. The van der Waals surface area contributed by atoms with E-state index in [1.54, 1.807) is 6.08 Å². The van der Waals surface area contributed by atoms with Gasteiger partial charge in [-0.2, -0.15) is 0 Å². The van der Waals surface area contributed by atoms with E-state index in [4.69, 9.17) is 0 Å². The predicted octanol–water partition coefficient (Wildman–Crippen LogP) is 3.45. The fourth-order valence-electron chi connectivity index (χ4n) is 2.19. The molecule has 0 bridgehead atoms. The number of rotatable bonds is 3. The highest BCUT2D eigenvalue weighted by Gasteiger charge is 2.30. The molecule has 0 aromatic heterocycles. The molecule has 0 saturated carbocycles. The van der Waals surface area contributed by atoms with Crippen LogP contribution in [0.1, 0.15) is 46.5 Å². The highest BCUT2D eigenvalue weighted by molar-refractivity contribution is 5.21. The van der Waals surface area contributed by atoms with E-state index in [1.807, 2.05) is 6.92 Å². The van der Waals surface area contributed by atoms with Gasteiger partial charge in [-0.1, -0.05) is 26.0 Å². The Hall–Kier alpha value is -0.560. The zero-order valence-electron chi connectivity index (χ0n) is 9.64. The number of hydrogen-bond acceptors (Lipinski definition) is 1. The van der Waals surface area contributed by atoms with Crippen LogP contribution in [0.25, 0.3) is 0 Å². The Morgan fingerprint density at radius 3 is 2.79 bits per heavy atom. The summed E-state index contributed by atoms with van der Waals surface area (Å²) in [6, 6.07) is 0. The fourth-order valence-corrected chi connectivity index (χ4v) is 2.19. The van der Waals surface area contributed by atoms with Crippen LogP contribution in [0.4, 0.5) is 0 Å². The maximum atomic E-state index is 10.2. The van der Waals surface area contributed by atoms with Gasteiger partial charge in [0.1, 0.15) is 0 Å². The van der Waals surface area contributed by atoms with Crippen molar-refractivity contribution in [3.05, 3.63) is 24.3 Å². The van der Waals surface area contributed by atoms with Crippen LogP contribution in [-0.4, -0.2) is 10.7 Å². The van der Waals surface area contributed by atoms with Gasteiger partial charge in [0.15, 0.2) is 0 Å². The van der Waals surface area contributed by atoms with Gasteiger partial charge in [-0.25, -0.2) is 0 Å². The Bertz CT molecular complexity index is 246. The van der Waals surface area contributed by atoms with Gasteiger partial charge in [0.2, 0.25) is 0 Å². The Kier molecular flexibility index (Phi) is 3.20. The van der Waals surface area contributed by atoms with Crippen molar-refractivity contribution >= 4 is 0 Å². The van der Waals surface area contributed by atoms with E-state index in [0.29, 0.717) is 6.42 Å². The Balaban J connectivity index is 2.86. The second-order valence-corrected chi connectivity index (χ2v) is 5.28. The Morgan fingerprint density at radius 2 is 2.29 bits per heavy atom. The summed E-state index contributed by atoms with van der Waals surface area (Å²) in [5.74, 6) is 0. The first-order chi connectivity index (χ1) is 6.37. The molecular formula is C13H22O. The average molecular weight is 194 g/mol. The average Bonchev–Trinajstić information content (AvgIpc) is 2.02. The van der Waals surface area contributed by atoms with Crippen molar-refractivity contribution in [3.8, 4) is 0 Å². The van der Waals surface area contributed by atoms with E-state index < -0.39 is 5.60 Å². The summed E-state index contributed by atoms with van der Waals surface area (Å²) in [5, 5.41) is 10.2. The molecule has 0 aromatic rings. The summed E-state index contributed by atoms with van der Waals surface area (Å²) in [6.45, 7) is 10.0. The zero-order chi connectivity index (χ0) is 10.8. The topological polar surface area (TPSA) is 20.2 Å². The Morgan fingerprint density at radius 1 is 1.64 bits per heavy atom. The maximum Gasteiger partial charge on any atom is 0.0863 e. The van der Waals surface area contributed by atoms with E-state index in [-0.39, 0.29) is 5.41 Å². The van der Waals surface area contributed by atoms with Crippen LogP contribution in [-0.2, 0) is 0 Å². The molecule has 0 radical (unpaired) electrons. The summed E-state index contributed by atoms with van der Waals surface area (Å²) in [6.07, 6.45) is 8.13. The van der Waals surface area contributed by atoms with Crippen molar-refractivity contribution in [1.29, 1.82) is 0 Å². The molecule has 1 heteroatoms. The van der Waals surface area contributed by atoms with Gasteiger partial charge in [0.25, 0.3) is 0 Å². The molecule has 1 aliphatic rings. The summed E-state index contributed by atoms with van der Waals surface area (Å²) < 4.78 is 0. The molecule has 0 fully saturated rings. The lowest BCUT2D eigenvalue weighted by molar-refractivity contribution is 0.0929. The molecule has 1 unspecified atom stereocenters. The van der Waals surface area contributed by atoms with Gasteiger partial charge < -0.3 is 5.11 Å². The third kappa shape index (κ3) is 2.71. The minimum atomic E-state index is -0.681. The van der Waals surface area contributed by atoms with Gasteiger partial charge in [0, 0.05) is 0 Å². The van der Waals surface area contributed by atoms with E-state index in [9.17, 15) is 5.11 Å². The summed E-state index contributed by atoms with van der Waals surface area (Å²) in [5.41, 5.74) is 0.756. The molecule has 1 atom stereocenters. The standard InChI is InChI=1S/C13H22O/c1-5-8-13(4,14)11-7-6-9-12(2,3)10-11/h5,10,14H,1,6-9H2,2-4H3. The SMILES string of the molecule is C=CCC(C)(O)C1=CC(C)(C)CCC1. The van der Waals surface area contributed by atoms with Crippen LogP contribution >= 0.6 is 0 Å². The molecule has 14 heavy (non-hydrogen) atoms. The molecule has 0 aliphatic heterocycles. The third-order valence-corrected chi connectivity index (χ3v) is 3.07. The smallest absolute Gasteiger partial charge is 0.0863 e. The van der Waals surface area contributed by atoms with Gasteiger partial charge >= 0.3 is 0 Å². The molecule has 1 rings (SSSR count). The van der Waals surface area contributed by atoms with Gasteiger partial charge in [-0.15, -0.1) is 6.58 Å². The van der Waals surface area contributed by atoms with Crippen LogP contribution in [0.5, 0.6) is 0 Å². The first kappa shape index (κ1) is 11.5. The summed E-state index contributed by atoms with van der Waals surface area (Å²) >= 11 is 0. The molecule has 0 spiro atoms. The number of hydrogen-bond donors (Lipinski definition) is 1. The second kappa shape index (κ2) is 3.90. The molecule has 0 saturated heterocycles. The van der Waals surface area contributed by atoms with E-state index >= 15 is 0 Å². The summed E-state index contributed by atoms with van der Waals surface area (Å²) in [4.78, 5) is 0. The second-order valence-electron chi connectivity index (χ2n) is 5.28. The van der Waals surface area contributed by atoms with Crippen molar-refractivity contribution < 1.29 is 5.11 Å². The van der Waals surface area contributed by atoms with E-state index in [0.717, 1.165) is 6.42 Å². The van der Waals surface area contributed by atoms with E-state index in [1.165, 1.54) is 18.4 Å². The molecule has 1 aliphatic carbocycles. The minimum Gasteiger partial charge on any atom is -0.385 e. The lowest BCUT2D eigenvalue weighted by Gasteiger charge is -2.34. The van der Waals surface area contributed by atoms with Crippen LogP contribution in [0, 0.1) is 5.41 Å². The van der Waals surface area contributed by atoms with Crippen molar-refractivity contribution in [2.75, 3.05) is 0 Å². The number of allylic oxidation sites excluding steroid dienone is 1. The molecule has 0 aromatic carbocycles. The first-order valence-electron chi connectivity index (χ1n) is 5.43. The monoisotopic (exact) mass is 194 g/mol. The molecular weight excluding hydrogens is 172 g/mol. The largest absolute Gasteiger partial charge is 0.385 e. The molecule has 80 valence electrons. The fraction of sp³-hybridized carbons (Fsp3) is 0.692. The highest BCUT2D eigenvalue weighted by atomic mass is 16.3. The third-order valence-electron chi connectivity index (χ3n) is 3.07. The molecule has 1 N–H and O–H groups in total. The van der Waals surface area contributed by atoms with Crippen LogP contribution < -0.4 is 0 Å². The van der Waals surface area contributed by atoms with Crippen molar-refractivity contribution in [2.45, 2.75) is 52.1 Å². The number of aliphatic hydroxyl groups is 1. The minimum absolute atomic E-state index is 0.249. The zero-order valence-corrected chi connectivity index (χ0v) is 9.64. The lowest BCUT2D eigenvalue weighted by atomic mass is 9.74. The molecule has 1 nitrogen and oxygen atoms in total. The first-order valence-corrected chi connectivity index (χ1v) is 5.43.